The molecule has 0 saturated carbocycles. The van der Waals surface area contributed by atoms with Gasteiger partial charge in [-0.3, -0.25) is 4.79 Å². The van der Waals surface area contributed by atoms with Crippen LogP contribution < -0.4 is 20.6 Å². The summed E-state index contributed by atoms with van der Waals surface area (Å²) in [6, 6.07) is 12.7. The molecule has 0 aliphatic heterocycles. The Morgan fingerprint density at radius 3 is 2.57 bits per heavy atom. The second-order valence-electron chi connectivity index (χ2n) is 6.84. The number of thioether (sulfide) groups is 1. The summed E-state index contributed by atoms with van der Waals surface area (Å²) in [6.45, 7) is 0. The van der Waals surface area contributed by atoms with E-state index in [0.29, 0.717) is 17.0 Å². The first-order chi connectivity index (χ1) is 17.0. The lowest BCUT2D eigenvalue weighted by atomic mass is 10.2. The molecule has 4 aromatic rings. The average Bonchev–Trinajstić information content (AvgIpc) is 3.49. The van der Waals surface area contributed by atoms with Gasteiger partial charge in [0.25, 0.3) is 5.91 Å². The molecule has 4 rings (SSSR count). The van der Waals surface area contributed by atoms with Crippen molar-refractivity contribution in [3.8, 4) is 23.1 Å². The Morgan fingerprint density at radius 1 is 1.23 bits per heavy atom. The van der Waals surface area contributed by atoms with Crippen LogP contribution in [0.1, 0.15) is 21.7 Å². The fourth-order valence-corrected chi connectivity index (χ4v) is 3.90. The number of benzene rings is 2. The summed E-state index contributed by atoms with van der Waals surface area (Å²) >= 11 is 1.47. The maximum Gasteiger partial charge on any atom is 0.293 e. The van der Waals surface area contributed by atoms with Gasteiger partial charge in [-0.15, -0.1) is 16.9 Å². The number of ether oxygens (including phenoxy) is 2. The van der Waals surface area contributed by atoms with Gasteiger partial charge in [0.1, 0.15) is 0 Å². The first-order valence-corrected chi connectivity index (χ1v) is 11.0. The molecule has 2 aromatic carbocycles. The fourth-order valence-electron chi connectivity index (χ4n) is 2.99. The van der Waals surface area contributed by atoms with E-state index in [1.54, 1.807) is 0 Å². The smallest absolute Gasteiger partial charge is 0.293 e. The van der Waals surface area contributed by atoms with Gasteiger partial charge in [0.05, 0.1) is 26.1 Å². The van der Waals surface area contributed by atoms with Gasteiger partial charge in [-0.2, -0.15) is 9.78 Å². The van der Waals surface area contributed by atoms with Crippen molar-refractivity contribution in [1.29, 1.82) is 0 Å². The second-order valence-corrected chi connectivity index (χ2v) is 7.89. The van der Waals surface area contributed by atoms with Gasteiger partial charge < -0.3 is 20.3 Å². The largest absolute Gasteiger partial charge is 0.502 e. The molecule has 0 spiro atoms. The number of carbonyl (C=O) groups excluding carboxylic acids is 1. The van der Waals surface area contributed by atoms with E-state index in [1.165, 1.54) is 49.0 Å². The van der Waals surface area contributed by atoms with E-state index in [4.69, 9.17) is 15.2 Å². The third-order valence-electron chi connectivity index (χ3n) is 4.68. The second kappa shape index (κ2) is 10.6. The molecular formula is C21H20N8O5S. The summed E-state index contributed by atoms with van der Waals surface area (Å²) in [5.74, 6) is 0.0763. The van der Waals surface area contributed by atoms with Gasteiger partial charge >= 0.3 is 0 Å². The van der Waals surface area contributed by atoms with Gasteiger partial charge in [-0.25, -0.2) is 10.1 Å². The summed E-state index contributed by atoms with van der Waals surface area (Å²) in [5.41, 5.74) is 9.19. The standard InChI is InChI=1S/C21H20N8O5S/c1-32-15-8-12(9-16(33-2)18(15)30)10-23-25-21(31)17-14(11-35-13-6-4-3-5-7-13)29(28-24-17)20-19(22)26-34-27-20/h3-10,30H,11H2,1-2H3,(H2,22,26)(H,25,31). The van der Waals surface area contributed by atoms with Crippen LogP contribution in [0.15, 0.2) is 57.1 Å². The highest BCUT2D eigenvalue weighted by Crippen LogP contribution is 2.36. The van der Waals surface area contributed by atoms with Gasteiger partial charge in [0, 0.05) is 16.2 Å². The molecule has 0 unspecified atom stereocenters. The highest BCUT2D eigenvalue weighted by molar-refractivity contribution is 7.98. The monoisotopic (exact) mass is 496 g/mol. The molecule has 2 heterocycles. The van der Waals surface area contributed by atoms with Crippen molar-refractivity contribution in [1.82, 2.24) is 30.7 Å². The molecule has 0 aliphatic carbocycles. The van der Waals surface area contributed by atoms with E-state index in [9.17, 15) is 9.90 Å². The molecule has 35 heavy (non-hydrogen) atoms. The summed E-state index contributed by atoms with van der Waals surface area (Å²) in [4.78, 5) is 13.9. The Hall–Kier alpha value is -4.59. The molecule has 2 aromatic heterocycles. The van der Waals surface area contributed by atoms with Gasteiger partial charge in [0.2, 0.25) is 17.4 Å². The maximum absolute atomic E-state index is 12.9. The van der Waals surface area contributed by atoms with Gasteiger partial charge in [-0.1, -0.05) is 23.4 Å². The van der Waals surface area contributed by atoms with Crippen LogP contribution in [0.3, 0.4) is 0 Å². The number of carbonyl (C=O) groups is 1. The van der Waals surface area contributed by atoms with Gasteiger partial charge in [-0.05, 0) is 34.6 Å². The van der Waals surface area contributed by atoms with Crippen LogP contribution in [0.25, 0.3) is 5.82 Å². The van der Waals surface area contributed by atoms with Crippen LogP contribution >= 0.6 is 11.8 Å². The number of nitrogens with two attached hydrogens (primary N) is 1. The number of nitrogen functional groups attached to an aromatic ring is 1. The van der Waals surface area contributed by atoms with Crippen molar-refractivity contribution in [2.75, 3.05) is 20.0 Å². The minimum Gasteiger partial charge on any atom is -0.502 e. The average molecular weight is 497 g/mol. The number of nitrogens with one attached hydrogen (secondary N) is 1. The Labute approximate surface area is 202 Å². The molecule has 0 saturated heterocycles. The topological polar surface area (TPSA) is 176 Å². The minimum absolute atomic E-state index is 0.000986. The summed E-state index contributed by atoms with van der Waals surface area (Å²) in [6.07, 6.45) is 1.37. The van der Waals surface area contributed by atoms with Gasteiger partial charge in [0.15, 0.2) is 17.2 Å². The van der Waals surface area contributed by atoms with Crippen LogP contribution in [0.4, 0.5) is 5.82 Å². The summed E-state index contributed by atoms with van der Waals surface area (Å²) < 4.78 is 16.2. The Kier molecular flexibility index (Phi) is 7.11. The number of hydrogen-bond acceptors (Lipinski definition) is 12. The first-order valence-electron chi connectivity index (χ1n) is 10.0. The molecule has 0 fully saturated rings. The Balaban J connectivity index is 1.57. The summed E-state index contributed by atoms with van der Waals surface area (Å²) in [7, 11) is 2.82. The third kappa shape index (κ3) is 5.16. The number of phenolic OH excluding ortho intramolecular Hbond substituents is 1. The Bertz CT molecular complexity index is 1330. The number of nitrogens with zero attached hydrogens (tertiary/aromatic N) is 6. The van der Waals surface area contributed by atoms with Crippen LogP contribution in [0, 0.1) is 0 Å². The lowest BCUT2D eigenvalue weighted by Gasteiger charge is -2.09. The number of aromatic hydroxyl groups is 1. The van der Waals surface area contributed by atoms with E-state index in [2.05, 4.69) is 35.8 Å². The van der Waals surface area contributed by atoms with E-state index in [1.807, 2.05) is 30.3 Å². The quantitative estimate of drug-likeness (QED) is 0.175. The molecule has 13 nitrogen and oxygen atoms in total. The van der Waals surface area contributed by atoms with E-state index < -0.39 is 5.91 Å². The zero-order chi connectivity index (χ0) is 24.8. The van der Waals surface area contributed by atoms with Crippen molar-refractivity contribution in [2.24, 2.45) is 5.10 Å². The minimum atomic E-state index is -0.608. The van der Waals surface area contributed by atoms with Crippen molar-refractivity contribution in [2.45, 2.75) is 10.6 Å². The predicted molar refractivity (Wildman–Crippen MR) is 126 cm³/mol. The number of rotatable bonds is 9. The zero-order valence-electron chi connectivity index (χ0n) is 18.6. The van der Waals surface area contributed by atoms with Crippen molar-refractivity contribution < 1.29 is 24.0 Å². The van der Waals surface area contributed by atoms with Crippen molar-refractivity contribution in [3.05, 3.63) is 59.4 Å². The van der Waals surface area contributed by atoms with Crippen molar-refractivity contribution >= 4 is 29.7 Å². The molecule has 0 atom stereocenters. The van der Waals surface area contributed by atoms with E-state index >= 15 is 0 Å². The number of aromatic nitrogens is 5. The van der Waals surface area contributed by atoms with Crippen LogP contribution in [-0.4, -0.2) is 56.8 Å². The molecule has 180 valence electrons. The molecule has 0 radical (unpaired) electrons. The normalized spacial score (nSPS) is 11.0. The number of anilines is 1. The maximum atomic E-state index is 12.9. The highest BCUT2D eigenvalue weighted by atomic mass is 32.2. The number of phenols is 1. The first kappa shape index (κ1) is 23.6. The van der Waals surface area contributed by atoms with E-state index in [0.717, 1.165) is 4.90 Å². The van der Waals surface area contributed by atoms with E-state index in [-0.39, 0.29) is 34.6 Å². The number of amides is 1. The molecule has 14 heteroatoms. The SMILES string of the molecule is COc1cc(C=NNC(=O)c2nnn(-c3nonc3N)c2CSc2ccccc2)cc(OC)c1O. The molecule has 0 aliphatic rings. The lowest BCUT2D eigenvalue weighted by Crippen LogP contribution is -2.20. The highest BCUT2D eigenvalue weighted by Gasteiger charge is 2.24. The number of hydrazone groups is 1. The Morgan fingerprint density at radius 2 is 1.94 bits per heavy atom. The lowest BCUT2D eigenvalue weighted by molar-refractivity contribution is 0.0949. The predicted octanol–water partition coefficient (Wildman–Crippen LogP) is 2.01. The third-order valence-corrected chi connectivity index (χ3v) is 5.70. The zero-order valence-corrected chi connectivity index (χ0v) is 19.4. The van der Waals surface area contributed by atoms with Crippen LogP contribution in [0.5, 0.6) is 17.2 Å². The fraction of sp³-hybridized carbons (Fsp3) is 0.143. The number of hydrogen-bond donors (Lipinski definition) is 3. The molecule has 4 N–H and O–H groups in total. The van der Waals surface area contributed by atoms with Crippen LogP contribution in [-0.2, 0) is 5.75 Å². The molecule has 0 bridgehead atoms. The van der Waals surface area contributed by atoms with Crippen molar-refractivity contribution in [3.63, 3.8) is 0 Å². The molecule has 1 amide bonds. The van der Waals surface area contributed by atoms with Crippen LogP contribution in [0.2, 0.25) is 0 Å². The number of methoxy groups -OCH3 is 2. The molecular weight excluding hydrogens is 476 g/mol. The summed E-state index contributed by atoms with van der Waals surface area (Å²) in [5, 5.41) is 29.3.